The van der Waals surface area contributed by atoms with Gasteiger partial charge in [-0.2, -0.15) is 4.91 Å². The molecule has 0 saturated carbocycles. The number of nitroso groups, excluding NO2 is 1. The highest BCUT2D eigenvalue weighted by Gasteiger charge is 2.21. The molecule has 1 heterocycles. The van der Waals surface area contributed by atoms with Crippen LogP contribution in [-0.2, 0) is 10.3 Å². The number of hydrogen-bond acceptors (Lipinski definition) is 5. The molecule has 7 heteroatoms. The lowest BCUT2D eigenvalue weighted by Crippen LogP contribution is -2.23. The largest absolute Gasteiger partial charge is 0.369 e. The fourth-order valence-electron chi connectivity index (χ4n) is 2.70. The summed E-state index contributed by atoms with van der Waals surface area (Å²) in [7, 11) is 0. The highest BCUT2D eigenvalue weighted by molar-refractivity contribution is 5.79. The lowest BCUT2D eigenvalue weighted by molar-refractivity contribution is -0.0170. The van der Waals surface area contributed by atoms with Crippen molar-refractivity contribution in [2.24, 2.45) is 5.18 Å². The van der Waals surface area contributed by atoms with Crippen molar-refractivity contribution in [2.75, 3.05) is 13.2 Å². The summed E-state index contributed by atoms with van der Waals surface area (Å²) < 4.78 is 19.0. The third kappa shape index (κ3) is 3.67. The smallest absolute Gasteiger partial charge is 0.259 e. The molecule has 1 N–H and O–H groups in total. The molecule has 0 spiro atoms. The third-order valence-electron chi connectivity index (χ3n) is 4.17. The number of nitrogens with zero attached hydrogens (tertiary/aromatic N) is 2. The number of nitrogens with one attached hydrogen (secondary N) is 1. The average molecular weight is 355 g/mol. The molecule has 6 nitrogen and oxygen atoms in total. The molecule has 0 aliphatic heterocycles. The summed E-state index contributed by atoms with van der Waals surface area (Å²) in [4.78, 5) is 29.4. The quantitative estimate of drug-likeness (QED) is 0.539. The minimum Gasteiger partial charge on any atom is -0.369 e. The van der Waals surface area contributed by atoms with Crippen LogP contribution in [-0.4, -0.2) is 23.1 Å². The van der Waals surface area contributed by atoms with Crippen LogP contribution in [0.2, 0.25) is 0 Å². The average Bonchev–Trinajstić information content (AvgIpc) is 2.62. The Balaban J connectivity index is 1.91. The summed E-state index contributed by atoms with van der Waals surface area (Å²) in [6, 6.07) is 11.3. The van der Waals surface area contributed by atoms with E-state index in [4.69, 9.17) is 4.74 Å². The van der Waals surface area contributed by atoms with Crippen LogP contribution in [0.5, 0.6) is 0 Å². The van der Waals surface area contributed by atoms with E-state index < -0.39 is 17.0 Å². The zero-order valence-electron chi connectivity index (χ0n) is 14.5. The van der Waals surface area contributed by atoms with E-state index in [1.807, 2.05) is 38.1 Å². The summed E-state index contributed by atoms with van der Waals surface area (Å²) in [5.74, 6) is -0.0709. The predicted octanol–water partition coefficient (Wildman–Crippen LogP) is 3.75. The number of H-pyrrole nitrogens is 1. The van der Waals surface area contributed by atoms with Gasteiger partial charge in [-0.05, 0) is 37.6 Å². The van der Waals surface area contributed by atoms with Crippen LogP contribution < -0.4 is 5.56 Å². The third-order valence-corrected chi connectivity index (χ3v) is 4.17. The number of rotatable bonds is 6. The van der Waals surface area contributed by atoms with Gasteiger partial charge in [-0.3, -0.25) is 4.79 Å². The number of halogens is 1. The second kappa shape index (κ2) is 7.13. The van der Waals surface area contributed by atoms with E-state index in [0.717, 1.165) is 11.1 Å². The molecule has 0 aliphatic carbocycles. The van der Waals surface area contributed by atoms with Crippen molar-refractivity contribution in [3.05, 3.63) is 69.1 Å². The Labute approximate surface area is 149 Å². The summed E-state index contributed by atoms with van der Waals surface area (Å²) in [5, 5.41) is 3.00. The Morgan fingerprint density at radius 3 is 2.62 bits per heavy atom. The van der Waals surface area contributed by atoms with E-state index in [9.17, 15) is 14.1 Å². The number of benzene rings is 2. The van der Waals surface area contributed by atoms with Crippen molar-refractivity contribution in [2.45, 2.75) is 19.4 Å². The molecule has 0 unspecified atom stereocenters. The van der Waals surface area contributed by atoms with Crippen LogP contribution in [0, 0.1) is 10.7 Å². The van der Waals surface area contributed by atoms with E-state index in [1.165, 1.54) is 18.2 Å². The maximum atomic E-state index is 13.3. The number of aromatic amines is 1. The molecule has 0 saturated heterocycles. The number of aromatic nitrogens is 2. The zero-order chi connectivity index (χ0) is 18.7. The SMILES string of the molecule is CC(C)(OCCN=O)c1ccc(-c2nc3ccc(F)cc3c(=O)[nH]2)cc1. The van der Waals surface area contributed by atoms with Crippen molar-refractivity contribution < 1.29 is 9.13 Å². The van der Waals surface area contributed by atoms with Gasteiger partial charge in [0.25, 0.3) is 5.56 Å². The van der Waals surface area contributed by atoms with Gasteiger partial charge in [-0.15, -0.1) is 0 Å². The molecule has 26 heavy (non-hydrogen) atoms. The van der Waals surface area contributed by atoms with Crippen LogP contribution in [0.3, 0.4) is 0 Å². The van der Waals surface area contributed by atoms with E-state index in [0.29, 0.717) is 11.3 Å². The molecule has 3 aromatic rings. The minimum atomic E-state index is -0.578. The van der Waals surface area contributed by atoms with Gasteiger partial charge in [-0.1, -0.05) is 29.4 Å². The minimum absolute atomic E-state index is 0.102. The lowest BCUT2D eigenvalue weighted by Gasteiger charge is -2.25. The maximum absolute atomic E-state index is 13.3. The lowest BCUT2D eigenvalue weighted by atomic mass is 9.96. The van der Waals surface area contributed by atoms with E-state index >= 15 is 0 Å². The summed E-state index contributed by atoms with van der Waals surface area (Å²) in [5.41, 5.74) is 1.10. The molecule has 2 aromatic carbocycles. The molecular formula is C19H18FN3O3. The van der Waals surface area contributed by atoms with Gasteiger partial charge in [0.1, 0.15) is 18.2 Å². The Morgan fingerprint density at radius 1 is 1.19 bits per heavy atom. The molecule has 0 radical (unpaired) electrons. The molecule has 3 rings (SSSR count). The van der Waals surface area contributed by atoms with Gasteiger partial charge >= 0.3 is 0 Å². The highest BCUT2D eigenvalue weighted by Crippen LogP contribution is 2.27. The highest BCUT2D eigenvalue weighted by atomic mass is 19.1. The van der Waals surface area contributed by atoms with Crippen LogP contribution in [0.25, 0.3) is 22.3 Å². The van der Waals surface area contributed by atoms with Gasteiger partial charge in [0, 0.05) is 5.56 Å². The van der Waals surface area contributed by atoms with Gasteiger partial charge in [-0.25, -0.2) is 9.37 Å². The van der Waals surface area contributed by atoms with E-state index in [-0.39, 0.29) is 18.5 Å². The van der Waals surface area contributed by atoms with Crippen molar-refractivity contribution in [1.82, 2.24) is 9.97 Å². The van der Waals surface area contributed by atoms with E-state index in [1.54, 1.807) is 0 Å². The fourth-order valence-corrected chi connectivity index (χ4v) is 2.70. The van der Waals surface area contributed by atoms with Gasteiger partial charge < -0.3 is 9.72 Å². The topological polar surface area (TPSA) is 84.4 Å². The van der Waals surface area contributed by atoms with Crippen LogP contribution in [0.15, 0.2) is 52.4 Å². The van der Waals surface area contributed by atoms with Gasteiger partial charge in [0.15, 0.2) is 0 Å². The van der Waals surface area contributed by atoms with Crippen molar-refractivity contribution in [3.63, 3.8) is 0 Å². The Bertz CT molecular complexity index is 997. The fraction of sp³-hybridized carbons (Fsp3) is 0.263. The number of fused-ring (bicyclic) bond motifs is 1. The van der Waals surface area contributed by atoms with Crippen molar-refractivity contribution in [3.8, 4) is 11.4 Å². The van der Waals surface area contributed by atoms with Crippen LogP contribution >= 0.6 is 0 Å². The van der Waals surface area contributed by atoms with E-state index in [2.05, 4.69) is 15.1 Å². The number of ether oxygens (including phenoxy) is 1. The molecule has 0 amide bonds. The molecular weight excluding hydrogens is 337 g/mol. The van der Waals surface area contributed by atoms with Crippen molar-refractivity contribution >= 4 is 10.9 Å². The van der Waals surface area contributed by atoms with Crippen LogP contribution in [0.1, 0.15) is 19.4 Å². The first-order valence-corrected chi connectivity index (χ1v) is 8.14. The maximum Gasteiger partial charge on any atom is 0.259 e. The summed E-state index contributed by atoms with van der Waals surface area (Å²) in [6.07, 6.45) is 0. The van der Waals surface area contributed by atoms with Crippen LogP contribution in [0.4, 0.5) is 4.39 Å². The predicted molar refractivity (Wildman–Crippen MR) is 97.4 cm³/mol. The first kappa shape index (κ1) is 17.9. The first-order valence-electron chi connectivity index (χ1n) is 8.14. The monoisotopic (exact) mass is 355 g/mol. The molecule has 1 aromatic heterocycles. The molecule has 0 bridgehead atoms. The Hall–Kier alpha value is -2.93. The molecule has 0 fully saturated rings. The Kier molecular flexibility index (Phi) is 4.90. The zero-order valence-corrected chi connectivity index (χ0v) is 14.5. The standard InChI is InChI=1S/C19H18FN3O3/c1-19(2,26-10-9-21-25)13-5-3-12(4-6-13)17-22-16-8-7-14(20)11-15(16)18(24)23-17/h3-8,11H,9-10H2,1-2H3,(H,22,23,24). The molecule has 0 aliphatic rings. The van der Waals surface area contributed by atoms with Gasteiger partial charge in [0.2, 0.25) is 0 Å². The summed E-state index contributed by atoms with van der Waals surface area (Å²) >= 11 is 0. The van der Waals surface area contributed by atoms with Crippen molar-refractivity contribution in [1.29, 1.82) is 0 Å². The molecule has 134 valence electrons. The molecule has 0 atom stereocenters. The normalized spacial score (nSPS) is 11.7. The first-order chi connectivity index (χ1) is 12.4. The number of hydrogen-bond donors (Lipinski definition) is 1. The Morgan fingerprint density at radius 2 is 1.92 bits per heavy atom. The summed E-state index contributed by atoms with van der Waals surface area (Å²) in [6.45, 7) is 4.15. The second-order valence-corrected chi connectivity index (χ2v) is 6.36. The second-order valence-electron chi connectivity index (χ2n) is 6.36. The van der Waals surface area contributed by atoms with Gasteiger partial charge in [0.05, 0.1) is 23.1 Å².